The highest BCUT2D eigenvalue weighted by atomic mass is 16.5. The zero-order chi connectivity index (χ0) is 17.1. The summed E-state index contributed by atoms with van der Waals surface area (Å²) >= 11 is 0. The first-order chi connectivity index (χ1) is 10.1. The first-order valence-electron chi connectivity index (χ1n) is 9.39. The molecule has 21 heavy (non-hydrogen) atoms. The Morgan fingerprint density at radius 2 is 1.33 bits per heavy atom. The van der Waals surface area contributed by atoms with Crippen LogP contribution in [0.25, 0.3) is 0 Å². The van der Waals surface area contributed by atoms with Gasteiger partial charge in [-0.25, -0.2) is 0 Å². The number of unbranched alkanes of at least 4 members (excludes halogenated alkanes) is 2. The third-order valence-corrected chi connectivity index (χ3v) is 2.96. The molecule has 0 rings (SSSR count). The Bertz CT molecular complexity index is 158. The molecule has 132 valence electrons. The van der Waals surface area contributed by atoms with Gasteiger partial charge in [0.1, 0.15) is 0 Å². The van der Waals surface area contributed by atoms with E-state index in [2.05, 4.69) is 39.5 Å². The summed E-state index contributed by atoms with van der Waals surface area (Å²) in [6.07, 6.45) is 4.96. The molecule has 0 radical (unpaired) electrons. The summed E-state index contributed by atoms with van der Waals surface area (Å²) in [5.74, 6) is 0.753. The Morgan fingerprint density at radius 3 is 1.76 bits per heavy atom. The van der Waals surface area contributed by atoms with Crippen LogP contribution in [0.1, 0.15) is 88.0 Å². The zero-order valence-corrected chi connectivity index (χ0v) is 16.7. The number of ether oxygens (including phenoxy) is 1. The molecule has 0 amide bonds. The zero-order valence-electron chi connectivity index (χ0n) is 16.7. The number of nitrogens with zero attached hydrogens (tertiary/aromatic N) is 1. The van der Waals surface area contributed by atoms with Gasteiger partial charge >= 0.3 is 0 Å². The van der Waals surface area contributed by atoms with Gasteiger partial charge in [0.15, 0.2) is 0 Å². The molecular formula is C19H45NO. The summed E-state index contributed by atoms with van der Waals surface area (Å²) in [7, 11) is 0. The third kappa shape index (κ3) is 22.3. The molecule has 0 bridgehead atoms. The predicted molar refractivity (Wildman–Crippen MR) is 99.2 cm³/mol. The maximum absolute atomic E-state index is 5.64. The minimum Gasteiger partial charge on any atom is -0.381 e. The summed E-state index contributed by atoms with van der Waals surface area (Å²) in [6, 6.07) is 0.650. The van der Waals surface area contributed by atoms with Crippen LogP contribution in [-0.2, 0) is 4.74 Å². The normalized spacial score (nSPS) is 10.3. The molecule has 0 aliphatic rings. The Labute approximate surface area is 136 Å². The molecule has 2 nitrogen and oxygen atoms in total. The van der Waals surface area contributed by atoms with Crippen molar-refractivity contribution in [3.05, 3.63) is 0 Å². The van der Waals surface area contributed by atoms with Gasteiger partial charge in [0.05, 0.1) is 0 Å². The fraction of sp³-hybridized carbons (Fsp3) is 1.00. The minimum absolute atomic E-state index is 0.650. The summed E-state index contributed by atoms with van der Waals surface area (Å²) < 4.78 is 5.64. The van der Waals surface area contributed by atoms with E-state index in [-0.39, 0.29) is 0 Å². The van der Waals surface area contributed by atoms with Crippen molar-refractivity contribution in [2.75, 3.05) is 26.3 Å². The van der Waals surface area contributed by atoms with Crippen molar-refractivity contribution in [2.45, 2.75) is 94.0 Å². The van der Waals surface area contributed by atoms with Gasteiger partial charge in [-0.15, -0.1) is 0 Å². The fourth-order valence-corrected chi connectivity index (χ4v) is 1.96. The van der Waals surface area contributed by atoms with E-state index in [1.807, 2.05) is 27.7 Å². The molecule has 2 heteroatoms. The van der Waals surface area contributed by atoms with Crippen LogP contribution < -0.4 is 0 Å². The lowest BCUT2D eigenvalue weighted by Gasteiger charge is -2.28. The molecule has 0 fully saturated rings. The van der Waals surface area contributed by atoms with Crippen molar-refractivity contribution in [1.29, 1.82) is 0 Å². The molecule has 0 N–H and O–H groups in total. The quantitative estimate of drug-likeness (QED) is 0.434. The average molecular weight is 304 g/mol. The SMILES string of the molecule is CC.CC.CCCCCOCCCN(CC(C)C)C(C)C. The maximum Gasteiger partial charge on any atom is 0.0478 e. The number of rotatable bonds is 11. The molecule has 0 saturated heterocycles. The van der Waals surface area contributed by atoms with Gasteiger partial charge in [-0.3, -0.25) is 0 Å². The van der Waals surface area contributed by atoms with Gasteiger partial charge < -0.3 is 9.64 Å². The second-order valence-electron chi connectivity index (χ2n) is 5.66. The van der Waals surface area contributed by atoms with Gasteiger partial charge in [0.25, 0.3) is 0 Å². The lowest BCUT2D eigenvalue weighted by molar-refractivity contribution is 0.109. The van der Waals surface area contributed by atoms with Crippen LogP contribution in [0.3, 0.4) is 0 Å². The van der Waals surface area contributed by atoms with Gasteiger partial charge in [-0.05, 0) is 32.6 Å². The summed E-state index contributed by atoms with van der Waals surface area (Å²) in [5, 5.41) is 0. The highest BCUT2D eigenvalue weighted by Crippen LogP contribution is 2.05. The van der Waals surface area contributed by atoms with E-state index in [1.165, 1.54) is 32.4 Å². The van der Waals surface area contributed by atoms with E-state index in [4.69, 9.17) is 4.74 Å². The molecule has 0 unspecified atom stereocenters. The summed E-state index contributed by atoms with van der Waals surface area (Å²) in [6.45, 7) is 23.6. The van der Waals surface area contributed by atoms with Crippen molar-refractivity contribution < 1.29 is 4.74 Å². The van der Waals surface area contributed by atoms with Crippen molar-refractivity contribution in [1.82, 2.24) is 4.90 Å². The maximum atomic E-state index is 5.64. The second kappa shape index (κ2) is 22.2. The highest BCUT2D eigenvalue weighted by molar-refractivity contribution is 4.64. The standard InChI is InChI=1S/C15H33NO.2C2H6/c1-6-7-8-11-17-12-9-10-16(15(4)5)13-14(2)3;2*1-2/h14-15H,6-13H2,1-5H3;2*1-2H3. The van der Waals surface area contributed by atoms with Crippen LogP contribution >= 0.6 is 0 Å². The molecule has 0 spiro atoms. The molecule has 0 aliphatic carbocycles. The van der Waals surface area contributed by atoms with Crippen molar-refractivity contribution in [3.63, 3.8) is 0 Å². The molecule has 0 atom stereocenters. The predicted octanol–water partition coefficient (Wildman–Crippen LogP) is 6.00. The average Bonchev–Trinajstić information content (AvgIpc) is 2.48. The van der Waals surface area contributed by atoms with Gasteiger partial charge in [-0.2, -0.15) is 0 Å². The smallest absolute Gasteiger partial charge is 0.0478 e. The number of hydrogen-bond donors (Lipinski definition) is 0. The molecule has 0 heterocycles. The molecule has 0 aromatic carbocycles. The Morgan fingerprint density at radius 1 is 0.810 bits per heavy atom. The Balaban J connectivity index is -0.000000739. The number of hydrogen-bond acceptors (Lipinski definition) is 2. The molecule has 0 aromatic rings. The third-order valence-electron chi connectivity index (χ3n) is 2.96. The Kier molecular flexibility index (Phi) is 27.3. The highest BCUT2D eigenvalue weighted by Gasteiger charge is 2.10. The van der Waals surface area contributed by atoms with Crippen LogP contribution in [0.2, 0.25) is 0 Å². The van der Waals surface area contributed by atoms with Crippen LogP contribution in [-0.4, -0.2) is 37.2 Å². The van der Waals surface area contributed by atoms with Crippen LogP contribution in [0.5, 0.6) is 0 Å². The lowest BCUT2D eigenvalue weighted by atomic mass is 10.1. The van der Waals surface area contributed by atoms with E-state index in [1.54, 1.807) is 0 Å². The molecular weight excluding hydrogens is 258 g/mol. The van der Waals surface area contributed by atoms with E-state index in [0.717, 1.165) is 25.6 Å². The van der Waals surface area contributed by atoms with E-state index in [0.29, 0.717) is 6.04 Å². The largest absolute Gasteiger partial charge is 0.381 e. The van der Waals surface area contributed by atoms with E-state index >= 15 is 0 Å². The van der Waals surface area contributed by atoms with Crippen LogP contribution in [0.4, 0.5) is 0 Å². The van der Waals surface area contributed by atoms with Gasteiger partial charge in [-0.1, -0.05) is 61.3 Å². The molecule has 0 saturated carbocycles. The van der Waals surface area contributed by atoms with Crippen molar-refractivity contribution in [3.8, 4) is 0 Å². The first-order valence-corrected chi connectivity index (χ1v) is 9.39. The molecule has 0 aliphatic heterocycles. The van der Waals surface area contributed by atoms with Gasteiger partial charge in [0, 0.05) is 32.3 Å². The fourth-order valence-electron chi connectivity index (χ4n) is 1.96. The first kappa shape index (κ1) is 25.9. The van der Waals surface area contributed by atoms with Crippen LogP contribution in [0, 0.1) is 5.92 Å². The summed E-state index contributed by atoms with van der Waals surface area (Å²) in [5.41, 5.74) is 0. The molecule has 0 aromatic heterocycles. The van der Waals surface area contributed by atoms with Crippen LogP contribution in [0.15, 0.2) is 0 Å². The second-order valence-corrected chi connectivity index (χ2v) is 5.66. The summed E-state index contributed by atoms with van der Waals surface area (Å²) in [4.78, 5) is 2.56. The van der Waals surface area contributed by atoms with Crippen molar-refractivity contribution in [2.24, 2.45) is 5.92 Å². The van der Waals surface area contributed by atoms with Crippen molar-refractivity contribution >= 4 is 0 Å². The van der Waals surface area contributed by atoms with E-state index < -0.39 is 0 Å². The minimum atomic E-state index is 0.650. The van der Waals surface area contributed by atoms with E-state index in [9.17, 15) is 0 Å². The van der Waals surface area contributed by atoms with Gasteiger partial charge in [0.2, 0.25) is 0 Å². The Hall–Kier alpha value is -0.0800. The lowest BCUT2D eigenvalue weighted by Crippen LogP contribution is -2.35. The monoisotopic (exact) mass is 303 g/mol. The topological polar surface area (TPSA) is 12.5 Å².